The first-order chi connectivity index (χ1) is 12.3. The second-order valence-corrected chi connectivity index (χ2v) is 6.09. The first-order valence-corrected chi connectivity index (χ1v) is 8.32. The van der Waals surface area contributed by atoms with Gasteiger partial charge in [-0.05, 0) is 29.3 Å². The predicted molar refractivity (Wildman–Crippen MR) is 99.9 cm³/mol. The van der Waals surface area contributed by atoms with Gasteiger partial charge < -0.3 is 14.4 Å². The number of aromatic hydroxyl groups is 1. The van der Waals surface area contributed by atoms with E-state index in [-0.39, 0.29) is 0 Å². The van der Waals surface area contributed by atoms with Gasteiger partial charge in [-0.25, -0.2) is 0 Å². The van der Waals surface area contributed by atoms with Gasteiger partial charge in [0.15, 0.2) is 5.88 Å². The van der Waals surface area contributed by atoms with Crippen LogP contribution in [0.4, 0.5) is 0 Å². The van der Waals surface area contributed by atoms with E-state index in [2.05, 4.69) is 24.3 Å². The van der Waals surface area contributed by atoms with Crippen LogP contribution in [0.25, 0.3) is 10.8 Å². The van der Waals surface area contributed by atoms with Gasteiger partial charge in [-0.1, -0.05) is 60.7 Å². The lowest BCUT2D eigenvalue weighted by Crippen LogP contribution is -1.99. The Labute approximate surface area is 146 Å². The van der Waals surface area contributed by atoms with Crippen molar-refractivity contribution in [3.63, 3.8) is 0 Å². The zero-order chi connectivity index (χ0) is 17.1. The minimum absolute atomic E-state index is 0.312. The second kappa shape index (κ2) is 6.73. The van der Waals surface area contributed by atoms with Gasteiger partial charge in [0.1, 0.15) is 12.4 Å². The van der Waals surface area contributed by atoms with Gasteiger partial charge in [-0.15, -0.1) is 0 Å². The van der Waals surface area contributed by atoms with Gasteiger partial charge in [-0.3, -0.25) is 0 Å². The Morgan fingerprint density at radius 3 is 2.20 bits per heavy atom. The summed E-state index contributed by atoms with van der Waals surface area (Å²) in [6, 6.07) is 26.0. The molecule has 0 spiro atoms. The third-order valence-corrected chi connectivity index (χ3v) is 4.29. The van der Waals surface area contributed by atoms with Crippen LogP contribution in [0.2, 0.25) is 0 Å². The Hall–Kier alpha value is -3.20. The fraction of sp³-hybridized carbons (Fsp3) is 0.0909. The van der Waals surface area contributed by atoms with E-state index in [0.29, 0.717) is 19.0 Å². The number of nitrogens with zero attached hydrogens (tertiary/aromatic N) is 1. The molecule has 0 bridgehead atoms. The first kappa shape index (κ1) is 15.3. The molecule has 4 aromatic rings. The molecule has 0 radical (unpaired) electrons. The van der Waals surface area contributed by atoms with Gasteiger partial charge in [-0.2, -0.15) is 0 Å². The Kier molecular flexibility index (Phi) is 4.13. The average Bonchev–Trinajstić information content (AvgIpc) is 2.98. The first-order valence-electron chi connectivity index (χ1n) is 8.32. The van der Waals surface area contributed by atoms with E-state index >= 15 is 0 Å². The van der Waals surface area contributed by atoms with Crippen LogP contribution in [0.15, 0.2) is 85.1 Å². The monoisotopic (exact) mass is 329 g/mol. The summed E-state index contributed by atoms with van der Waals surface area (Å²) in [4.78, 5) is 0. The molecule has 1 aromatic heterocycles. The van der Waals surface area contributed by atoms with E-state index in [0.717, 1.165) is 27.6 Å². The molecular weight excluding hydrogens is 310 g/mol. The van der Waals surface area contributed by atoms with E-state index in [1.807, 2.05) is 65.4 Å². The van der Waals surface area contributed by atoms with Crippen molar-refractivity contribution in [2.75, 3.05) is 0 Å². The molecular formula is C22H19NO2. The maximum Gasteiger partial charge on any atom is 0.199 e. The van der Waals surface area contributed by atoms with Crippen molar-refractivity contribution in [1.82, 2.24) is 4.57 Å². The smallest absolute Gasteiger partial charge is 0.199 e. The topological polar surface area (TPSA) is 34.4 Å². The number of ether oxygens (including phenoxy) is 1. The van der Waals surface area contributed by atoms with Crippen molar-refractivity contribution in [2.45, 2.75) is 13.2 Å². The van der Waals surface area contributed by atoms with Crippen molar-refractivity contribution in [3.05, 3.63) is 96.2 Å². The fourth-order valence-electron chi connectivity index (χ4n) is 2.94. The van der Waals surface area contributed by atoms with Crippen molar-refractivity contribution in [1.29, 1.82) is 0 Å². The van der Waals surface area contributed by atoms with Crippen LogP contribution in [0.5, 0.6) is 11.6 Å². The standard InChI is InChI=1S/C22H19NO2/c24-22-21-9-5-4-6-19(21)15-23(22)14-17-10-12-18(13-11-17)16-25-20-7-2-1-3-8-20/h1-13,15,24H,14,16H2. The highest BCUT2D eigenvalue weighted by molar-refractivity contribution is 5.87. The summed E-state index contributed by atoms with van der Waals surface area (Å²) in [5.41, 5.74) is 2.26. The number of para-hydroxylation sites is 1. The molecule has 0 aliphatic rings. The van der Waals surface area contributed by atoms with Gasteiger partial charge in [0.05, 0.1) is 6.54 Å². The number of aromatic nitrogens is 1. The minimum atomic E-state index is 0.312. The summed E-state index contributed by atoms with van der Waals surface area (Å²) in [5, 5.41) is 12.3. The molecule has 1 heterocycles. The van der Waals surface area contributed by atoms with Crippen LogP contribution in [-0.2, 0) is 13.2 Å². The largest absolute Gasteiger partial charge is 0.494 e. The molecule has 25 heavy (non-hydrogen) atoms. The van der Waals surface area contributed by atoms with Gasteiger partial charge in [0, 0.05) is 17.0 Å². The molecule has 4 rings (SSSR count). The minimum Gasteiger partial charge on any atom is -0.494 e. The summed E-state index contributed by atoms with van der Waals surface area (Å²) in [5.74, 6) is 1.18. The number of benzene rings is 3. The number of rotatable bonds is 5. The fourth-order valence-corrected chi connectivity index (χ4v) is 2.94. The Morgan fingerprint density at radius 2 is 1.44 bits per heavy atom. The Morgan fingerprint density at radius 1 is 0.760 bits per heavy atom. The number of hydrogen-bond acceptors (Lipinski definition) is 2. The van der Waals surface area contributed by atoms with E-state index in [1.54, 1.807) is 0 Å². The molecule has 124 valence electrons. The molecule has 3 aromatic carbocycles. The van der Waals surface area contributed by atoms with Crippen LogP contribution in [0.3, 0.4) is 0 Å². The maximum absolute atomic E-state index is 10.4. The lowest BCUT2D eigenvalue weighted by Gasteiger charge is -2.08. The van der Waals surface area contributed by atoms with Gasteiger partial charge in [0.2, 0.25) is 0 Å². The third-order valence-electron chi connectivity index (χ3n) is 4.29. The highest BCUT2D eigenvalue weighted by atomic mass is 16.5. The van der Waals surface area contributed by atoms with Crippen molar-refractivity contribution in [2.24, 2.45) is 0 Å². The van der Waals surface area contributed by atoms with E-state index in [1.165, 1.54) is 0 Å². The lowest BCUT2D eigenvalue weighted by molar-refractivity contribution is 0.306. The summed E-state index contributed by atoms with van der Waals surface area (Å²) in [6.45, 7) is 1.18. The molecule has 3 nitrogen and oxygen atoms in total. The SMILES string of the molecule is Oc1c2ccccc2cn1Cc1ccc(COc2ccccc2)cc1. The van der Waals surface area contributed by atoms with E-state index < -0.39 is 0 Å². The Balaban J connectivity index is 1.45. The Bertz CT molecular complexity index is 972. The second-order valence-electron chi connectivity index (χ2n) is 6.09. The van der Waals surface area contributed by atoms with Crippen molar-refractivity contribution < 1.29 is 9.84 Å². The third kappa shape index (κ3) is 3.36. The summed E-state index contributed by atoms with van der Waals surface area (Å²) < 4.78 is 7.64. The predicted octanol–water partition coefficient (Wildman–Crippen LogP) is 4.97. The molecule has 0 amide bonds. The average molecular weight is 329 g/mol. The zero-order valence-electron chi connectivity index (χ0n) is 13.8. The molecule has 0 fully saturated rings. The van der Waals surface area contributed by atoms with Crippen molar-refractivity contribution in [3.8, 4) is 11.6 Å². The van der Waals surface area contributed by atoms with Crippen LogP contribution in [0.1, 0.15) is 11.1 Å². The van der Waals surface area contributed by atoms with Crippen LogP contribution >= 0.6 is 0 Å². The summed E-state index contributed by atoms with van der Waals surface area (Å²) >= 11 is 0. The molecule has 3 heteroatoms. The highest BCUT2D eigenvalue weighted by Crippen LogP contribution is 2.27. The molecule has 1 N–H and O–H groups in total. The lowest BCUT2D eigenvalue weighted by atomic mass is 10.1. The van der Waals surface area contributed by atoms with Gasteiger partial charge in [0.25, 0.3) is 0 Å². The molecule has 0 saturated heterocycles. The normalized spacial score (nSPS) is 10.9. The summed E-state index contributed by atoms with van der Waals surface area (Å²) in [7, 11) is 0. The van der Waals surface area contributed by atoms with Crippen LogP contribution in [-0.4, -0.2) is 9.67 Å². The number of fused-ring (bicyclic) bond motifs is 1. The maximum atomic E-state index is 10.4. The van der Waals surface area contributed by atoms with E-state index in [4.69, 9.17) is 4.74 Å². The van der Waals surface area contributed by atoms with Crippen LogP contribution in [0, 0.1) is 0 Å². The molecule has 0 aliphatic heterocycles. The quantitative estimate of drug-likeness (QED) is 0.561. The molecule has 0 saturated carbocycles. The summed E-state index contributed by atoms with van der Waals surface area (Å²) in [6.07, 6.45) is 1.98. The zero-order valence-corrected chi connectivity index (χ0v) is 13.8. The van der Waals surface area contributed by atoms with Gasteiger partial charge >= 0.3 is 0 Å². The van der Waals surface area contributed by atoms with E-state index in [9.17, 15) is 5.11 Å². The van der Waals surface area contributed by atoms with Crippen molar-refractivity contribution >= 4 is 10.8 Å². The molecule has 0 atom stereocenters. The highest BCUT2D eigenvalue weighted by Gasteiger charge is 2.07. The van der Waals surface area contributed by atoms with Crippen LogP contribution < -0.4 is 4.74 Å². The molecule has 0 unspecified atom stereocenters. The number of hydrogen-bond donors (Lipinski definition) is 1. The molecule has 0 aliphatic carbocycles.